The Morgan fingerprint density at radius 3 is 2.42 bits per heavy atom. The Morgan fingerprint density at radius 2 is 1.63 bits per heavy atom. The molecule has 0 aromatic heterocycles. The zero-order valence-corrected chi connectivity index (χ0v) is 12.6. The molecular formula is C17H19BrO. The summed E-state index contributed by atoms with van der Waals surface area (Å²) in [4.78, 5) is 0. The molecule has 2 aromatic rings. The van der Waals surface area contributed by atoms with Crippen molar-refractivity contribution in [2.75, 3.05) is 0 Å². The maximum absolute atomic E-state index is 10.6. The average Bonchev–Trinajstić information content (AvgIpc) is 2.47. The Kier molecular flexibility index (Phi) is 3.90. The summed E-state index contributed by atoms with van der Waals surface area (Å²) in [6.07, 6.45) is 5.90. The number of benzene rings is 2. The third-order valence-electron chi connectivity index (χ3n) is 4.26. The van der Waals surface area contributed by atoms with Gasteiger partial charge in [-0.05, 0) is 53.3 Å². The molecule has 0 radical (unpaired) electrons. The maximum atomic E-state index is 10.6. The summed E-state index contributed by atoms with van der Waals surface area (Å²) in [7, 11) is 0. The molecule has 2 heteroatoms. The van der Waals surface area contributed by atoms with Crippen molar-refractivity contribution in [2.45, 2.75) is 38.2 Å². The van der Waals surface area contributed by atoms with Crippen molar-refractivity contribution < 1.29 is 5.11 Å². The summed E-state index contributed by atoms with van der Waals surface area (Å²) in [6, 6.07) is 12.6. The summed E-state index contributed by atoms with van der Waals surface area (Å²) < 4.78 is 1.10. The highest BCUT2D eigenvalue weighted by molar-refractivity contribution is 9.10. The van der Waals surface area contributed by atoms with Crippen molar-refractivity contribution in [1.29, 1.82) is 0 Å². The topological polar surface area (TPSA) is 20.2 Å². The lowest BCUT2D eigenvalue weighted by Gasteiger charge is -2.27. The molecule has 0 aliphatic heterocycles. The van der Waals surface area contributed by atoms with Crippen LogP contribution >= 0.6 is 15.9 Å². The number of aliphatic hydroxyl groups excluding tert-OH is 1. The normalized spacial score (nSPS) is 18.6. The van der Waals surface area contributed by atoms with E-state index in [0.29, 0.717) is 5.92 Å². The second kappa shape index (κ2) is 5.64. The van der Waals surface area contributed by atoms with Crippen LogP contribution < -0.4 is 0 Å². The van der Waals surface area contributed by atoms with E-state index in [1.165, 1.54) is 42.9 Å². The number of halogens is 1. The number of rotatable bonds is 2. The van der Waals surface area contributed by atoms with E-state index in [1.54, 1.807) is 0 Å². The van der Waals surface area contributed by atoms with Crippen LogP contribution in [0.3, 0.4) is 0 Å². The van der Waals surface area contributed by atoms with Crippen molar-refractivity contribution in [3.8, 4) is 0 Å². The van der Waals surface area contributed by atoms with E-state index >= 15 is 0 Å². The first kappa shape index (κ1) is 13.1. The van der Waals surface area contributed by atoms with E-state index < -0.39 is 0 Å². The van der Waals surface area contributed by atoms with Gasteiger partial charge < -0.3 is 5.11 Å². The first-order chi connectivity index (χ1) is 9.24. The lowest BCUT2D eigenvalue weighted by atomic mass is 9.82. The molecule has 1 fully saturated rings. The van der Waals surface area contributed by atoms with E-state index in [-0.39, 0.29) is 6.10 Å². The number of fused-ring (bicyclic) bond motifs is 1. The molecule has 1 N–H and O–H groups in total. The predicted octanol–water partition coefficient (Wildman–Crippen LogP) is 5.22. The van der Waals surface area contributed by atoms with Crippen LogP contribution in [-0.4, -0.2) is 5.11 Å². The highest BCUT2D eigenvalue weighted by Crippen LogP contribution is 2.35. The first-order valence-electron chi connectivity index (χ1n) is 7.11. The van der Waals surface area contributed by atoms with Gasteiger partial charge in [-0.3, -0.25) is 0 Å². The van der Waals surface area contributed by atoms with Gasteiger partial charge in [-0.2, -0.15) is 0 Å². The highest BCUT2D eigenvalue weighted by atomic mass is 79.9. The molecule has 19 heavy (non-hydrogen) atoms. The minimum absolute atomic E-state index is 0.298. The Hall–Kier alpha value is -0.860. The molecule has 1 aliphatic rings. The molecule has 0 amide bonds. The Labute approximate surface area is 122 Å². The van der Waals surface area contributed by atoms with Crippen molar-refractivity contribution in [1.82, 2.24) is 0 Å². The van der Waals surface area contributed by atoms with E-state index in [1.807, 2.05) is 0 Å². The second-order valence-electron chi connectivity index (χ2n) is 5.59. The molecule has 0 heterocycles. The molecule has 3 rings (SSSR count). The molecule has 1 atom stereocenters. The van der Waals surface area contributed by atoms with Crippen LogP contribution in [0, 0.1) is 5.92 Å². The van der Waals surface area contributed by atoms with Crippen LogP contribution in [0.4, 0.5) is 0 Å². The Morgan fingerprint density at radius 1 is 0.947 bits per heavy atom. The number of hydrogen-bond acceptors (Lipinski definition) is 1. The molecular weight excluding hydrogens is 300 g/mol. The monoisotopic (exact) mass is 318 g/mol. The van der Waals surface area contributed by atoms with Gasteiger partial charge in [0.1, 0.15) is 0 Å². The summed E-state index contributed by atoms with van der Waals surface area (Å²) in [5, 5.41) is 13.0. The van der Waals surface area contributed by atoms with Crippen molar-refractivity contribution in [3.05, 3.63) is 46.4 Å². The van der Waals surface area contributed by atoms with Gasteiger partial charge in [0.25, 0.3) is 0 Å². The average molecular weight is 319 g/mol. The SMILES string of the molecule is OC(c1ccc2cc(Br)ccc2c1)C1CCCCC1. The first-order valence-corrected chi connectivity index (χ1v) is 7.90. The van der Waals surface area contributed by atoms with Gasteiger partial charge in [0.05, 0.1) is 6.10 Å². The number of aliphatic hydroxyl groups is 1. The fourth-order valence-electron chi connectivity index (χ4n) is 3.14. The standard InChI is InChI=1S/C17H19BrO/c18-16-9-8-13-10-15(7-6-14(13)11-16)17(19)12-4-2-1-3-5-12/h6-12,17,19H,1-5H2. The van der Waals surface area contributed by atoms with E-state index in [2.05, 4.69) is 52.3 Å². The van der Waals surface area contributed by atoms with Crippen molar-refractivity contribution in [2.24, 2.45) is 5.92 Å². The van der Waals surface area contributed by atoms with Gasteiger partial charge in [0, 0.05) is 4.47 Å². The van der Waals surface area contributed by atoms with Gasteiger partial charge in [0.15, 0.2) is 0 Å². The summed E-state index contributed by atoms with van der Waals surface area (Å²) in [5.41, 5.74) is 1.07. The van der Waals surface area contributed by atoms with E-state index in [9.17, 15) is 5.11 Å². The molecule has 2 aromatic carbocycles. The lowest BCUT2D eigenvalue weighted by molar-refractivity contribution is 0.0849. The quantitative estimate of drug-likeness (QED) is 0.805. The highest BCUT2D eigenvalue weighted by Gasteiger charge is 2.23. The van der Waals surface area contributed by atoms with Gasteiger partial charge >= 0.3 is 0 Å². The Balaban J connectivity index is 1.89. The summed E-state index contributed by atoms with van der Waals surface area (Å²) in [5.74, 6) is 0.446. The molecule has 1 unspecified atom stereocenters. The number of hydrogen-bond donors (Lipinski definition) is 1. The van der Waals surface area contributed by atoms with E-state index in [0.717, 1.165) is 10.0 Å². The van der Waals surface area contributed by atoms with Crippen LogP contribution in [-0.2, 0) is 0 Å². The predicted molar refractivity (Wildman–Crippen MR) is 83.2 cm³/mol. The fraction of sp³-hybridized carbons (Fsp3) is 0.412. The fourth-order valence-corrected chi connectivity index (χ4v) is 3.52. The van der Waals surface area contributed by atoms with Gasteiger partial charge in [-0.15, -0.1) is 0 Å². The van der Waals surface area contributed by atoms with Crippen molar-refractivity contribution >= 4 is 26.7 Å². The van der Waals surface area contributed by atoms with Gasteiger partial charge in [0.2, 0.25) is 0 Å². The third kappa shape index (κ3) is 2.85. The summed E-state index contributed by atoms with van der Waals surface area (Å²) in [6.45, 7) is 0. The van der Waals surface area contributed by atoms with Gasteiger partial charge in [-0.1, -0.05) is 53.4 Å². The van der Waals surface area contributed by atoms with Crippen molar-refractivity contribution in [3.63, 3.8) is 0 Å². The minimum Gasteiger partial charge on any atom is -0.388 e. The zero-order valence-electron chi connectivity index (χ0n) is 11.0. The second-order valence-corrected chi connectivity index (χ2v) is 6.51. The third-order valence-corrected chi connectivity index (χ3v) is 4.76. The maximum Gasteiger partial charge on any atom is 0.0818 e. The molecule has 1 aliphatic carbocycles. The lowest BCUT2D eigenvalue weighted by Crippen LogP contribution is -2.15. The van der Waals surface area contributed by atoms with E-state index in [4.69, 9.17) is 0 Å². The summed E-state index contributed by atoms with van der Waals surface area (Å²) >= 11 is 3.49. The minimum atomic E-state index is -0.298. The van der Waals surface area contributed by atoms with Crippen LogP contribution in [0.2, 0.25) is 0 Å². The molecule has 0 spiro atoms. The van der Waals surface area contributed by atoms with Crippen LogP contribution in [0.1, 0.15) is 43.8 Å². The zero-order chi connectivity index (χ0) is 13.2. The molecule has 1 saturated carbocycles. The Bertz CT molecular complexity index is 572. The van der Waals surface area contributed by atoms with Gasteiger partial charge in [-0.25, -0.2) is 0 Å². The molecule has 0 saturated heterocycles. The molecule has 1 nitrogen and oxygen atoms in total. The molecule has 100 valence electrons. The smallest absolute Gasteiger partial charge is 0.0818 e. The van der Waals surface area contributed by atoms with Crippen LogP contribution in [0.15, 0.2) is 40.9 Å². The van der Waals surface area contributed by atoms with Crippen LogP contribution in [0.5, 0.6) is 0 Å². The largest absolute Gasteiger partial charge is 0.388 e. The molecule has 0 bridgehead atoms. The van der Waals surface area contributed by atoms with Crippen LogP contribution in [0.25, 0.3) is 10.8 Å².